The van der Waals surface area contributed by atoms with Gasteiger partial charge >= 0.3 is 0 Å². The lowest BCUT2D eigenvalue weighted by atomic mass is 10.1. The molecule has 1 heterocycles. The van der Waals surface area contributed by atoms with Gasteiger partial charge in [0.2, 0.25) is 0 Å². The second-order valence-corrected chi connectivity index (χ2v) is 4.43. The van der Waals surface area contributed by atoms with Crippen LogP contribution in [0, 0.1) is 0 Å². The number of ether oxygens (including phenoxy) is 1. The molecule has 0 atom stereocenters. The third-order valence-electron chi connectivity index (χ3n) is 2.29. The number of aliphatic hydroxyl groups excluding tert-OH is 1. The summed E-state index contributed by atoms with van der Waals surface area (Å²) in [5, 5.41) is 10.7. The monoisotopic (exact) mass is 248 g/mol. The van der Waals surface area contributed by atoms with Crippen molar-refractivity contribution in [2.24, 2.45) is 0 Å². The number of thiophene rings is 1. The molecule has 17 heavy (non-hydrogen) atoms. The molecule has 0 spiro atoms. The summed E-state index contributed by atoms with van der Waals surface area (Å²) in [6.45, 7) is 0.0869. The summed E-state index contributed by atoms with van der Waals surface area (Å²) in [6, 6.07) is 9.25. The van der Waals surface area contributed by atoms with Crippen LogP contribution in [0.4, 0.5) is 0 Å². The second-order valence-electron chi connectivity index (χ2n) is 3.49. The molecule has 1 aromatic heterocycles. The van der Waals surface area contributed by atoms with Crippen LogP contribution in [0.25, 0.3) is 0 Å². The summed E-state index contributed by atoms with van der Waals surface area (Å²) >= 11 is 1.35. The number of para-hydroxylation sites is 1. The molecule has 0 fully saturated rings. The Morgan fingerprint density at radius 1 is 1.35 bits per heavy atom. The van der Waals surface area contributed by atoms with Crippen molar-refractivity contribution in [2.45, 2.75) is 6.42 Å². The molecule has 0 amide bonds. The van der Waals surface area contributed by atoms with Crippen molar-refractivity contribution in [3.63, 3.8) is 0 Å². The molecule has 0 saturated heterocycles. The number of hydrogen-bond donors (Lipinski definition) is 1. The molecule has 0 unspecified atom stereocenters. The molecule has 0 aliphatic heterocycles. The molecule has 1 aromatic carbocycles. The van der Waals surface area contributed by atoms with Crippen LogP contribution in [0.5, 0.6) is 11.5 Å². The van der Waals surface area contributed by atoms with Crippen LogP contribution in [0.2, 0.25) is 0 Å². The summed E-state index contributed by atoms with van der Waals surface area (Å²) in [6.07, 6.45) is 1.36. The van der Waals surface area contributed by atoms with Crippen molar-refractivity contribution in [3.8, 4) is 11.5 Å². The Bertz CT molecular complexity index is 505. The van der Waals surface area contributed by atoms with Gasteiger partial charge in [-0.25, -0.2) is 0 Å². The van der Waals surface area contributed by atoms with Crippen LogP contribution in [-0.4, -0.2) is 18.0 Å². The van der Waals surface area contributed by atoms with E-state index in [1.807, 2.05) is 24.3 Å². The second kappa shape index (κ2) is 5.61. The van der Waals surface area contributed by atoms with Crippen LogP contribution in [0.1, 0.15) is 15.2 Å². The van der Waals surface area contributed by atoms with Crippen LogP contribution in [0.15, 0.2) is 35.7 Å². The number of aldehydes is 1. The molecule has 2 aromatic rings. The fourth-order valence-electron chi connectivity index (χ4n) is 1.51. The first-order valence-corrected chi connectivity index (χ1v) is 6.12. The summed E-state index contributed by atoms with van der Waals surface area (Å²) in [7, 11) is 0. The van der Waals surface area contributed by atoms with E-state index < -0.39 is 0 Å². The Kier molecular flexibility index (Phi) is 3.90. The Labute approximate surface area is 103 Å². The maximum atomic E-state index is 10.6. The average Bonchev–Trinajstić information content (AvgIpc) is 2.80. The van der Waals surface area contributed by atoms with E-state index in [1.54, 1.807) is 11.4 Å². The van der Waals surface area contributed by atoms with Gasteiger partial charge in [-0.3, -0.25) is 4.79 Å². The number of carbonyl (C=O) groups is 1. The summed E-state index contributed by atoms with van der Waals surface area (Å²) < 4.78 is 5.68. The number of carbonyl (C=O) groups excluding carboxylic acids is 1. The van der Waals surface area contributed by atoms with Gasteiger partial charge in [0.1, 0.15) is 11.5 Å². The molecule has 0 aliphatic carbocycles. The average molecular weight is 248 g/mol. The van der Waals surface area contributed by atoms with Crippen LogP contribution >= 0.6 is 11.3 Å². The summed E-state index contributed by atoms with van der Waals surface area (Å²) in [5.74, 6) is 1.37. The molecule has 88 valence electrons. The lowest BCUT2D eigenvalue weighted by Gasteiger charge is -2.08. The van der Waals surface area contributed by atoms with E-state index in [-0.39, 0.29) is 6.61 Å². The van der Waals surface area contributed by atoms with Crippen molar-refractivity contribution in [1.29, 1.82) is 0 Å². The molecule has 0 saturated carbocycles. The summed E-state index contributed by atoms with van der Waals surface area (Å²) in [5.41, 5.74) is 0.953. The minimum atomic E-state index is 0.0869. The van der Waals surface area contributed by atoms with Gasteiger partial charge in [0, 0.05) is 18.1 Å². The Morgan fingerprint density at radius 2 is 2.18 bits per heavy atom. The van der Waals surface area contributed by atoms with Gasteiger partial charge in [0.05, 0.1) is 4.88 Å². The van der Waals surface area contributed by atoms with Crippen molar-refractivity contribution < 1.29 is 14.6 Å². The quantitative estimate of drug-likeness (QED) is 0.827. The molecule has 0 bridgehead atoms. The van der Waals surface area contributed by atoms with Gasteiger partial charge < -0.3 is 9.84 Å². The molecular formula is C13H12O3S. The standard InChI is InChI=1S/C13H12O3S/c14-6-5-10-3-1-2-4-13(10)16-11-7-12(8-15)17-9-11/h1-4,7-9,14H,5-6H2. The molecule has 0 aliphatic rings. The number of benzene rings is 1. The van der Waals surface area contributed by atoms with Gasteiger partial charge in [-0.1, -0.05) is 18.2 Å². The topological polar surface area (TPSA) is 46.5 Å². The zero-order valence-electron chi connectivity index (χ0n) is 9.13. The normalized spacial score (nSPS) is 10.2. The molecule has 3 nitrogen and oxygen atoms in total. The Hall–Kier alpha value is -1.65. The zero-order chi connectivity index (χ0) is 12.1. The number of rotatable bonds is 5. The van der Waals surface area contributed by atoms with E-state index in [9.17, 15) is 4.79 Å². The smallest absolute Gasteiger partial charge is 0.160 e. The Balaban J connectivity index is 2.19. The highest BCUT2D eigenvalue weighted by molar-refractivity contribution is 7.11. The van der Waals surface area contributed by atoms with E-state index in [1.165, 1.54) is 11.3 Å². The minimum Gasteiger partial charge on any atom is -0.456 e. The Morgan fingerprint density at radius 3 is 2.88 bits per heavy atom. The van der Waals surface area contributed by atoms with E-state index in [2.05, 4.69) is 0 Å². The first kappa shape index (κ1) is 11.8. The fraction of sp³-hybridized carbons (Fsp3) is 0.154. The summed E-state index contributed by atoms with van der Waals surface area (Å²) in [4.78, 5) is 11.2. The molecule has 0 radical (unpaired) electrons. The van der Waals surface area contributed by atoms with Crippen molar-refractivity contribution >= 4 is 17.6 Å². The van der Waals surface area contributed by atoms with E-state index >= 15 is 0 Å². The van der Waals surface area contributed by atoms with Gasteiger partial charge in [0.25, 0.3) is 0 Å². The van der Waals surface area contributed by atoms with Gasteiger partial charge in [-0.2, -0.15) is 0 Å². The van der Waals surface area contributed by atoms with Gasteiger partial charge in [-0.15, -0.1) is 11.3 Å². The minimum absolute atomic E-state index is 0.0869. The fourth-order valence-corrected chi connectivity index (χ4v) is 2.12. The molecule has 4 heteroatoms. The third kappa shape index (κ3) is 2.93. The molecular weight excluding hydrogens is 236 g/mol. The van der Waals surface area contributed by atoms with E-state index in [0.717, 1.165) is 17.6 Å². The largest absolute Gasteiger partial charge is 0.456 e. The van der Waals surface area contributed by atoms with Crippen molar-refractivity contribution in [3.05, 3.63) is 46.2 Å². The number of aliphatic hydroxyl groups is 1. The lowest BCUT2D eigenvalue weighted by Crippen LogP contribution is -1.94. The third-order valence-corrected chi connectivity index (χ3v) is 3.13. The molecule has 1 N–H and O–H groups in total. The first-order valence-electron chi connectivity index (χ1n) is 5.24. The van der Waals surface area contributed by atoms with E-state index in [4.69, 9.17) is 9.84 Å². The maximum absolute atomic E-state index is 10.6. The highest BCUT2D eigenvalue weighted by atomic mass is 32.1. The SMILES string of the molecule is O=Cc1cc(Oc2ccccc2CCO)cs1. The highest BCUT2D eigenvalue weighted by Gasteiger charge is 2.05. The predicted molar refractivity (Wildman–Crippen MR) is 67.0 cm³/mol. The molecule has 2 rings (SSSR count). The predicted octanol–water partition coefficient (Wildman–Crippen LogP) is 2.89. The van der Waals surface area contributed by atoms with Crippen LogP contribution in [0.3, 0.4) is 0 Å². The van der Waals surface area contributed by atoms with E-state index in [0.29, 0.717) is 17.0 Å². The van der Waals surface area contributed by atoms with Gasteiger partial charge in [-0.05, 0) is 18.1 Å². The van der Waals surface area contributed by atoms with Gasteiger partial charge in [0.15, 0.2) is 6.29 Å². The lowest BCUT2D eigenvalue weighted by molar-refractivity contribution is 0.112. The van der Waals surface area contributed by atoms with Crippen molar-refractivity contribution in [2.75, 3.05) is 6.61 Å². The maximum Gasteiger partial charge on any atom is 0.160 e. The van der Waals surface area contributed by atoms with Crippen LogP contribution in [-0.2, 0) is 6.42 Å². The zero-order valence-corrected chi connectivity index (χ0v) is 9.94. The highest BCUT2D eigenvalue weighted by Crippen LogP contribution is 2.28. The van der Waals surface area contributed by atoms with Crippen molar-refractivity contribution in [1.82, 2.24) is 0 Å². The number of hydrogen-bond acceptors (Lipinski definition) is 4. The van der Waals surface area contributed by atoms with Crippen LogP contribution < -0.4 is 4.74 Å². The first-order chi connectivity index (χ1) is 8.33.